The molecular formula is C20H23N3O4S2. The van der Waals surface area contributed by atoms with E-state index in [1.54, 1.807) is 29.9 Å². The third-order valence-corrected chi connectivity index (χ3v) is 9.41. The molecule has 5 rings (SSSR count). The Labute approximate surface area is 174 Å². The van der Waals surface area contributed by atoms with Crippen molar-refractivity contribution in [1.29, 1.82) is 0 Å². The molecule has 7 nitrogen and oxygen atoms in total. The summed E-state index contributed by atoms with van der Waals surface area (Å²) in [7, 11) is -3.05. The Bertz CT molecular complexity index is 1030. The second-order valence-electron chi connectivity index (χ2n) is 8.07. The van der Waals surface area contributed by atoms with Gasteiger partial charge in [0.15, 0.2) is 9.84 Å². The van der Waals surface area contributed by atoms with Crippen LogP contribution < -0.4 is 0 Å². The van der Waals surface area contributed by atoms with Gasteiger partial charge in [0.25, 0.3) is 0 Å². The summed E-state index contributed by atoms with van der Waals surface area (Å²) in [6, 6.07) is 2.20. The Balaban J connectivity index is 1.34. The average molecular weight is 434 g/mol. The number of nitrogens with zero attached hydrogens (tertiary/aromatic N) is 3. The lowest BCUT2D eigenvalue weighted by atomic mass is 9.85. The Morgan fingerprint density at radius 1 is 1.28 bits per heavy atom. The molecule has 3 aliphatic rings. The fourth-order valence-electron chi connectivity index (χ4n) is 4.68. The minimum atomic E-state index is -3.05. The number of rotatable bonds is 2. The average Bonchev–Trinajstić information content (AvgIpc) is 3.33. The molecule has 3 aliphatic heterocycles. The molecule has 29 heavy (non-hydrogen) atoms. The standard InChI is InChI=1S/C20H23N3O4S2/c24-19(15-2-10-29(25,26)13-15)23-7-3-20(4-8-23)18-14(1-9-27-20)11-17(28-18)16-12-21-5-6-22-16/h5-6,11-12,15H,1-4,7-10,13H2. The summed E-state index contributed by atoms with van der Waals surface area (Å²) in [6.45, 7) is 1.89. The zero-order valence-corrected chi connectivity index (χ0v) is 17.7. The lowest BCUT2D eigenvalue weighted by Crippen LogP contribution is -2.49. The maximum atomic E-state index is 12.8. The van der Waals surface area contributed by atoms with E-state index in [-0.39, 0.29) is 28.9 Å². The highest BCUT2D eigenvalue weighted by atomic mass is 32.2. The fourth-order valence-corrected chi connectivity index (χ4v) is 7.79. The Morgan fingerprint density at radius 2 is 2.10 bits per heavy atom. The van der Waals surface area contributed by atoms with Gasteiger partial charge < -0.3 is 9.64 Å². The van der Waals surface area contributed by atoms with E-state index in [2.05, 4.69) is 16.0 Å². The fraction of sp³-hybridized carbons (Fsp3) is 0.550. The van der Waals surface area contributed by atoms with Gasteiger partial charge in [-0.1, -0.05) is 0 Å². The highest BCUT2D eigenvalue weighted by Gasteiger charge is 2.45. The lowest BCUT2D eigenvalue weighted by molar-refractivity contribution is -0.143. The first kappa shape index (κ1) is 19.1. The van der Waals surface area contributed by atoms with Crippen LogP contribution in [0.4, 0.5) is 0 Å². The number of carbonyl (C=O) groups is 1. The van der Waals surface area contributed by atoms with Crippen molar-refractivity contribution in [2.45, 2.75) is 31.3 Å². The molecule has 2 aromatic heterocycles. The molecule has 0 aromatic carbocycles. The van der Waals surface area contributed by atoms with E-state index in [9.17, 15) is 13.2 Å². The maximum absolute atomic E-state index is 12.8. The van der Waals surface area contributed by atoms with E-state index < -0.39 is 9.84 Å². The van der Waals surface area contributed by atoms with E-state index in [0.717, 1.165) is 29.8 Å². The number of fused-ring (bicyclic) bond motifs is 2. The lowest BCUT2D eigenvalue weighted by Gasteiger charge is -2.44. The first-order valence-electron chi connectivity index (χ1n) is 9.99. The van der Waals surface area contributed by atoms with Crippen LogP contribution in [0.3, 0.4) is 0 Å². The van der Waals surface area contributed by atoms with Gasteiger partial charge in [0, 0.05) is 30.4 Å². The molecule has 154 valence electrons. The van der Waals surface area contributed by atoms with E-state index in [0.29, 0.717) is 26.1 Å². The number of likely N-dealkylation sites (tertiary alicyclic amines) is 1. The molecular weight excluding hydrogens is 410 g/mol. The van der Waals surface area contributed by atoms with E-state index in [4.69, 9.17) is 4.74 Å². The topological polar surface area (TPSA) is 89.5 Å². The zero-order valence-electron chi connectivity index (χ0n) is 16.0. The van der Waals surface area contributed by atoms with E-state index in [1.165, 1.54) is 10.4 Å². The number of aromatic nitrogens is 2. The molecule has 1 spiro atoms. The second-order valence-corrected chi connectivity index (χ2v) is 11.4. The quantitative estimate of drug-likeness (QED) is 0.720. The summed E-state index contributed by atoms with van der Waals surface area (Å²) in [4.78, 5) is 25.6. The van der Waals surface area contributed by atoms with Crippen molar-refractivity contribution in [3.05, 3.63) is 35.1 Å². The van der Waals surface area contributed by atoms with Crippen LogP contribution in [0.15, 0.2) is 24.7 Å². The number of hydrogen-bond donors (Lipinski definition) is 0. The van der Waals surface area contributed by atoms with Crippen LogP contribution in [0.1, 0.15) is 29.7 Å². The van der Waals surface area contributed by atoms with Crippen molar-refractivity contribution in [1.82, 2.24) is 14.9 Å². The van der Waals surface area contributed by atoms with Crippen LogP contribution in [0.25, 0.3) is 10.6 Å². The van der Waals surface area contributed by atoms with Gasteiger partial charge in [-0.05, 0) is 37.3 Å². The third-order valence-electron chi connectivity index (χ3n) is 6.25. The molecule has 9 heteroatoms. The third kappa shape index (κ3) is 3.49. The van der Waals surface area contributed by atoms with Gasteiger partial charge in [0.05, 0.1) is 40.8 Å². The van der Waals surface area contributed by atoms with Gasteiger partial charge in [-0.25, -0.2) is 8.42 Å². The van der Waals surface area contributed by atoms with Crippen LogP contribution in [-0.2, 0) is 31.4 Å². The number of thiophene rings is 1. The van der Waals surface area contributed by atoms with Crippen molar-refractivity contribution in [3.8, 4) is 10.6 Å². The number of sulfone groups is 1. The summed E-state index contributed by atoms with van der Waals surface area (Å²) in [5, 5.41) is 0. The smallest absolute Gasteiger partial charge is 0.226 e. The van der Waals surface area contributed by atoms with Gasteiger partial charge >= 0.3 is 0 Å². The van der Waals surface area contributed by atoms with Crippen LogP contribution in [0.2, 0.25) is 0 Å². The van der Waals surface area contributed by atoms with Crippen molar-refractivity contribution in [3.63, 3.8) is 0 Å². The van der Waals surface area contributed by atoms with Gasteiger partial charge in [-0.3, -0.25) is 14.8 Å². The van der Waals surface area contributed by atoms with Crippen LogP contribution >= 0.6 is 11.3 Å². The summed E-state index contributed by atoms with van der Waals surface area (Å²) in [6.07, 6.45) is 7.98. The summed E-state index contributed by atoms with van der Waals surface area (Å²) in [5.74, 6) is -0.251. The first-order valence-corrected chi connectivity index (χ1v) is 12.6. The highest BCUT2D eigenvalue weighted by Crippen LogP contribution is 2.47. The van der Waals surface area contributed by atoms with Gasteiger partial charge in [0.1, 0.15) is 5.60 Å². The maximum Gasteiger partial charge on any atom is 0.226 e. The highest BCUT2D eigenvalue weighted by molar-refractivity contribution is 7.91. The monoisotopic (exact) mass is 433 g/mol. The van der Waals surface area contributed by atoms with E-state index >= 15 is 0 Å². The van der Waals surface area contributed by atoms with Gasteiger partial charge in [0.2, 0.25) is 5.91 Å². The SMILES string of the molecule is O=C(C1CCS(=O)(=O)C1)N1CCC2(CC1)OCCc1cc(-c3cnccn3)sc12. The molecule has 1 amide bonds. The van der Waals surface area contributed by atoms with Crippen molar-refractivity contribution in [2.24, 2.45) is 5.92 Å². The number of amides is 1. The molecule has 2 saturated heterocycles. The van der Waals surface area contributed by atoms with Gasteiger partial charge in [-0.15, -0.1) is 11.3 Å². The van der Waals surface area contributed by atoms with Crippen LogP contribution in [0, 0.1) is 5.92 Å². The molecule has 2 fully saturated rings. The molecule has 0 radical (unpaired) electrons. The Hall–Kier alpha value is -1.84. The summed E-state index contributed by atoms with van der Waals surface area (Å²) >= 11 is 1.72. The number of hydrogen-bond acceptors (Lipinski definition) is 7. The molecule has 0 aliphatic carbocycles. The molecule has 0 N–H and O–H groups in total. The second kappa shape index (κ2) is 7.14. The van der Waals surface area contributed by atoms with E-state index in [1.807, 2.05) is 4.90 Å². The van der Waals surface area contributed by atoms with Crippen LogP contribution in [0.5, 0.6) is 0 Å². The number of ether oxygens (including phenoxy) is 1. The Morgan fingerprint density at radius 3 is 2.79 bits per heavy atom. The molecule has 1 atom stereocenters. The van der Waals surface area contributed by atoms with Crippen molar-refractivity contribution < 1.29 is 17.9 Å². The van der Waals surface area contributed by atoms with Crippen molar-refractivity contribution >= 4 is 27.1 Å². The molecule has 0 saturated carbocycles. The summed E-state index contributed by atoms with van der Waals surface area (Å²) in [5.41, 5.74) is 1.83. The normalized spacial score (nSPS) is 25.1. The zero-order chi connectivity index (χ0) is 20.1. The predicted molar refractivity (Wildman–Crippen MR) is 109 cm³/mol. The van der Waals surface area contributed by atoms with Gasteiger partial charge in [-0.2, -0.15) is 0 Å². The molecule has 5 heterocycles. The first-order chi connectivity index (χ1) is 14.0. The minimum absolute atomic E-state index is 0.000516. The number of piperidine rings is 1. The molecule has 2 aromatic rings. The summed E-state index contributed by atoms with van der Waals surface area (Å²) < 4.78 is 29.8. The molecule has 1 unspecified atom stereocenters. The minimum Gasteiger partial charge on any atom is -0.369 e. The largest absolute Gasteiger partial charge is 0.369 e. The Kier molecular flexibility index (Phi) is 4.71. The van der Waals surface area contributed by atoms with Crippen molar-refractivity contribution in [2.75, 3.05) is 31.2 Å². The predicted octanol–water partition coefficient (Wildman–Crippen LogP) is 2.03. The van der Waals surface area contributed by atoms with Crippen LogP contribution in [-0.4, -0.2) is 60.4 Å². The molecule has 0 bridgehead atoms. The number of carbonyl (C=O) groups excluding carboxylic acids is 1.